The van der Waals surface area contributed by atoms with Crippen molar-refractivity contribution in [3.63, 3.8) is 0 Å². The molecular weight excluding hydrogens is 534 g/mol. The normalized spacial score (nSPS) is 17.9. The summed E-state index contributed by atoms with van der Waals surface area (Å²) in [5.74, 6) is -2.18. The number of aromatic nitrogens is 1. The van der Waals surface area contributed by atoms with Crippen LogP contribution in [0.1, 0.15) is 67.4 Å². The Hall–Kier alpha value is -3.02. The molecule has 13 heteroatoms. The summed E-state index contributed by atoms with van der Waals surface area (Å²) in [6.07, 6.45) is -3.07. The number of rotatable bonds is 5. The zero-order valence-corrected chi connectivity index (χ0v) is 22.2. The third-order valence-corrected chi connectivity index (χ3v) is 6.59. The monoisotopic (exact) mass is 563 g/mol. The first-order chi connectivity index (χ1) is 17.1. The van der Waals surface area contributed by atoms with Crippen LogP contribution in [-0.4, -0.2) is 63.9 Å². The zero-order valence-electron chi connectivity index (χ0n) is 21.4. The van der Waals surface area contributed by atoms with Crippen molar-refractivity contribution in [1.29, 1.82) is 0 Å². The first-order valence-corrected chi connectivity index (χ1v) is 12.0. The van der Waals surface area contributed by atoms with Gasteiger partial charge < -0.3 is 14.7 Å². The summed E-state index contributed by atoms with van der Waals surface area (Å²) < 4.78 is 61.6. The van der Waals surface area contributed by atoms with Crippen molar-refractivity contribution < 1.29 is 37.0 Å². The molecule has 8 nitrogen and oxygen atoms in total. The highest BCUT2D eigenvalue weighted by Crippen LogP contribution is 2.44. The molecule has 1 N–H and O–H groups in total. The Morgan fingerprint density at radius 1 is 1.18 bits per heavy atom. The molecule has 1 aliphatic carbocycles. The van der Waals surface area contributed by atoms with Crippen LogP contribution >= 0.6 is 12.4 Å². The molecule has 2 aromatic rings. The van der Waals surface area contributed by atoms with E-state index in [0.717, 1.165) is 23.4 Å². The highest BCUT2D eigenvalue weighted by molar-refractivity contribution is 5.89. The number of pyridine rings is 2. The molecule has 0 spiro atoms. The van der Waals surface area contributed by atoms with E-state index in [4.69, 9.17) is 4.74 Å². The van der Waals surface area contributed by atoms with Crippen molar-refractivity contribution in [2.75, 3.05) is 24.5 Å². The molecular formula is C25H30ClF4N3O5. The van der Waals surface area contributed by atoms with Gasteiger partial charge in [0.1, 0.15) is 17.7 Å². The van der Waals surface area contributed by atoms with Gasteiger partial charge in [-0.05, 0) is 70.1 Å². The quantitative estimate of drug-likeness (QED) is 0.508. The van der Waals surface area contributed by atoms with Gasteiger partial charge in [-0.1, -0.05) is 0 Å². The average molecular weight is 564 g/mol. The molecule has 2 aromatic heterocycles. The minimum Gasteiger partial charge on any atom is -0.477 e. The highest BCUT2D eigenvalue weighted by atomic mass is 35.5. The summed E-state index contributed by atoms with van der Waals surface area (Å²) >= 11 is 0. The van der Waals surface area contributed by atoms with Crippen molar-refractivity contribution in [3.8, 4) is 0 Å². The second kappa shape index (κ2) is 10.3. The summed E-state index contributed by atoms with van der Waals surface area (Å²) in [6.45, 7) is 4.88. The second-order valence-corrected chi connectivity index (χ2v) is 10.7. The number of carboxylic acid groups (broad SMARTS) is 1. The van der Waals surface area contributed by atoms with Gasteiger partial charge in [0, 0.05) is 13.1 Å². The molecule has 1 aliphatic heterocycles. The van der Waals surface area contributed by atoms with Crippen molar-refractivity contribution in [2.45, 2.75) is 70.7 Å². The van der Waals surface area contributed by atoms with E-state index in [1.54, 1.807) is 32.6 Å². The van der Waals surface area contributed by atoms with Gasteiger partial charge >= 0.3 is 18.2 Å². The standard InChI is InChI=1S/C25H29F4N3O5.ClH/c1-13-19-16(14-5-6-14)9-17(22(34)35)21(33)31(19)11-18(26)20(13)30-8-7-15(10-30)32(12-25(27,28)29)23(36)37-24(2,3)4;/h9,11,14-15H,5-8,10,12H2,1-4H3,(H,34,35);1H. The molecule has 3 heterocycles. The first kappa shape index (κ1) is 29.5. The number of carboxylic acids is 1. The Labute approximate surface area is 222 Å². The van der Waals surface area contributed by atoms with E-state index in [1.165, 1.54) is 6.07 Å². The van der Waals surface area contributed by atoms with E-state index < -0.39 is 53.4 Å². The molecule has 1 atom stereocenters. The van der Waals surface area contributed by atoms with Crippen LogP contribution in [-0.2, 0) is 4.74 Å². The number of ether oxygens (including phenoxy) is 1. The zero-order chi connectivity index (χ0) is 27.4. The minimum absolute atomic E-state index is 0. The number of halogens is 5. The van der Waals surface area contributed by atoms with Crippen LogP contribution in [0.2, 0.25) is 0 Å². The Bertz CT molecular complexity index is 1320. The van der Waals surface area contributed by atoms with Crippen LogP contribution in [0.25, 0.3) is 5.52 Å². The van der Waals surface area contributed by atoms with Gasteiger partial charge in [-0.2, -0.15) is 13.2 Å². The van der Waals surface area contributed by atoms with E-state index in [-0.39, 0.29) is 43.5 Å². The molecule has 1 saturated heterocycles. The average Bonchev–Trinajstić information content (AvgIpc) is 3.48. The van der Waals surface area contributed by atoms with E-state index in [0.29, 0.717) is 21.5 Å². The molecule has 0 aromatic carbocycles. The molecule has 210 valence electrons. The van der Waals surface area contributed by atoms with Gasteiger partial charge in [0.2, 0.25) is 0 Å². The maximum absolute atomic E-state index is 15.4. The smallest absolute Gasteiger partial charge is 0.410 e. The number of nitrogens with zero attached hydrogens (tertiary/aromatic N) is 3. The number of alkyl halides is 3. The number of aryl methyl sites for hydroxylation is 1. The van der Waals surface area contributed by atoms with Crippen LogP contribution in [0, 0.1) is 12.7 Å². The number of anilines is 1. The predicted molar refractivity (Wildman–Crippen MR) is 134 cm³/mol. The molecule has 2 fully saturated rings. The van der Waals surface area contributed by atoms with Crippen molar-refractivity contribution in [3.05, 3.63) is 45.1 Å². The van der Waals surface area contributed by atoms with Gasteiger partial charge in [0.05, 0.1) is 23.4 Å². The highest BCUT2D eigenvalue weighted by Gasteiger charge is 2.41. The van der Waals surface area contributed by atoms with E-state index in [2.05, 4.69) is 0 Å². The van der Waals surface area contributed by atoms with E-state index >= 15 is 4.39 Å². The van der Waals surface area contributed by atoms with Gasteiger partial charge in [-0.25, -0.2) is 14.0 Å². The van der Waals surface area contributed by atoms with Gasteiger partial charge in [0.15, 0.2) is 5.82 Å². The fourth-order valence-electron chi connectivity index (χ4n) is 4.94. The largest absolute Gasteiger partial charge is 0.477 e. The third-order valence-electron chi connectivity index (χ3n) is 6.59. The van der Waals surface area contributed by atoms with Crippen molar-refractivity contribution in [1.82, 2.24) is 9.30 Å². The molecule has 0 radical (unpaired) electrons. The number of hydrogen-bond acceptors (Lipinski definition) is 5. The van der Waals surface area contributed by atoms with Crippen LogP contribution in [0.3, 0.4) is 0 Å². The molecule has 1 saturated carbocycles. The van der Waals surface area contributed by atoms with Crippen LogP contribution in [0.5, 0.6) is 0 Å². The minimum atomic E-state index is -4.66. The SMILES string of the molecule is Cc1c(N2CCC(N(CC(F)(F)F)C(=O)OC(C)(C)C)C2)c(F)cn2c(=O)c(C(=O)O)cc(C3CC3)c12.Cl. The number of carbonyl (C=O) groups is 2. The Morgan fingerprint density at radius 3 is 2.34 bits per heavy atom. The van der Waals surface area contributed by atoms with Gasteiger partial charge in [-0.15, -0.1) is 12.4 Å². The van der Waals surface area contributed by atoms with Gasteiger partial charge in [0.25, 0.3) is 5.56 Å². The number of carbonyl (C=O) groups excluding carboxylic acids is 1. The lowest BCUT2D eigenvalue weighted by Gasteiger charge is -2.32. The number of amides is 1. The summed E-state index contributed by atoms with van der Waals surface area (Å²) in [5, 5.41) is 9.46. The summed E-state index contributed by atoms with van der Waals surface area (Å²) in [7, 11) is 0. The number of hydrogen-bond donors (Lipinski definition) is 1. The fourth-order valence-corrected chi connectivity index (χ4v) is 4.94. The lowest BCUT2D eigenvalue weighted by molar-refractivity contribution is -0.148. The lowest BCUT2D eigenvalue weighted by Crippen LogP contribution is -2.48. The fraction of sp³-hybridized carbons (Fsp3) is 0.560. The Kier molecular flexibility index (Phi) is 7.98. The molecule has 0 bridgehead atoms. The maximum Gasteiger partial charge on any atom is 0.410 e. The number of aromatic carboxylic acids is 1. The van der Waals surface area contributed by atoms with Crippen LogP contribution < -0.4 is 10.5 Å². The molecule has 38 heavy (non-hydrogen) atoms. The van der Waals surface area contributed by atoms with E-state index in [1.807, 2.05) is 0 Å². The Morgan fingerprint density at radius 2 is 1.82 bits per heavy atom. The maximum atomic E-state index is 15.4. The summed E-state index contributed by atoms with van der Waals surface area (Å²) in [4.78, 5) is 39.3. The second-order valence-electron chi connectivity index (χ2n) is 10.7. The van der Waals surface area contributed by atoms with Crippen molar-refractivity contribution in [2.24, 2.45) is 0 Å². The van der Waals surface area contributed by atoms with E-state index in [9.17, 15) is 32.7 Å². The lowest BCUT2D eigenvalue weighted by atomic mass is 10.0. The summed E-state index contributed by atoms with van der Waals surface area (Å²) in [6, 6.07) is 0.457. The van der Waals surface area contributed by atoms with Crippen LogP contribution in [0.15, 0.2) is 17.1 Å². The molecule has 4 rings (SSSR count). The van der Waals surface area contributed by atoms with Crippen LogP contribution in [0.4, 0.5) is 28.0 Å². The summed E-state index contributed by atoms with van der Waals surface area (Å²) in [5.41, 5.74) is -0.787. The topological polar surface area (TPSA) is 91.6 Å². The first-order valence-electron chi connectivity index (χ1n) is 12.0. The Balaban J connectivity index is 0.00000400. The number of fused-ring (bicyclic) bond motifs is 1. The predicted octanol–water partition coefficient (Wildman–Crippen LogP) is 5.12. The van der Waals surface area contributed by atoms with Gasteiger partial charge in [-0.3, -0.25) is 14.1 Å². The third kappa shape index (κ3) is 6.00. The molecule has 1 unspecified atom stereocenters. The molecule has 1 amide bonds. The van der Waals surface area contributed by atoms with Crippen molar-refractivity contribution >= 4 is 35.7 Å². The molecule has 2 aliphatic rings.